The van der Waals surface area contributed by atoms with Gasteiger partial charge >= 0.3 is 6.03 Å². The van der Waals surface area contributed by atoms with Crippen LogP contribution in [0.25, 0.3) is 0 Å². The summed E-state index contributed by atoms with van der Waals surface area (Å²) in [6.45, 7) is 1.86. The summed E-state index contributed by atoms with van der Waals surface area (Å²) in [6, 6.07) is 6.43. The zero-order valence-corrected chi connectivity index (χ0v) is 14.2. The predicted molar refractivity (Wildman–Crippen MR) is 89.5 cm³/mol. The highest BCUT2D eigenvalue weighted by Crippen LogP contribution is 2.29. The molecule has 0 fully saturated rings. The van der Waals surface area contributed by atoms with Gasteiger partial charge in [-0.25, -0.2) is 4.79 Å². The van der Waals surface area contributed by atoms with E-state index in [9.17, 15) is 9.90 Å². The summed E-state index contributed by atoms with van der Waals surface area (Å²) in [4.78, 5) is 12.0. The predicted octanol–water partition coefficient (Wildman–Crippen LogP) is 1.60. The molecule has 3 N–H and O–H groups in total. The van der Waals surface area contributed by atoms with Crippen LogP contribution >= 0.6 is 0 Å². The Morgan fingerprint density at radius 1 is 1.33 bits per heavy atom. The van der Waals surface area contributed by atoms with Crippen molar-refractivity contribution in [1.29, 1.82) is 0 Å². The Kier molecular flexibility index (Phi) is 5.64. The smallest absolute Gasteiger partial charge is 0.320 e. The number of urea groups is 1. The number of aryl methyl sites for hydroxylation is 2. The fraction of sp³-hybridized carbons (Fsp3) is 0.375. The van der Waals surface area contributed by atoms with Crippen LogP contribution < -0.4 is 20.1 Å². The van der Waals surface area contributed by atoms with Crippen LogP contribution in [0.5, 0.6) is 11.5 Å². The highest BCUT2D eigenvalue weighted by molar-refractivity contribution is 5.88. The Morgan fingerprint density at radius 3 is 2.67 bits per heavy atom. The first kappa shape index (κ1) is 17.6. The third-order valence-electron chi connectivity index (χ3n) is 3.50. The molecule has 2 amide bonds. The molecule has 2 aromatic rings. The van der Waals surface area contributed by atoms with Gasteiger partial charge < -0.3 is 19.9 Å². The van der Waals surface area contributed by atoms with Crippen LogP contribution in [0, 0.1) is 6.92 Å². The minimum absolute atomic E-state index is 0.0200. The molecule has 8 heteroatoms. The SMILES string of the molecule is COc1ccc(OC)c([C@@H](O)CNC(=O)Nc2cc(C)nn2C)c1. The molecule has 0 saturated heterocycles. The first-order valence-corrected chi connectivity index (χ1v) is 7.40. The molecule has 130 valence electrons. The molecular formula is C16H22N4O4. The summed E-state index contributed by atoms with van der Waals surface area (Å²) in [5.74, 6) is 1.69. The van der Waals surface area contributed by atoms with Crippen molar-refractivity contribution in [2.75, 3.05) is 26.1 Å². The van der Waals surface area contributed by atoms with E-state index in [-0.39, 0.29) is 6.54 Å². The standard InChI is InChI=1S/C16H22N4O4/c1-10-7-15(20(2)19-10)18-16(22)17-9-13(21)12-8-11(23-3)5-6-14(12)24-4/h5-8,13,21H,9H2,1-4H3,(H2,17,18,22)/t13-/m0/s1. The number of aliphatic hydroxyl groups is 1. The zero-order chi connectivity index (χ0) is 17.7. The Morgan fingerprint density at radius 2 is 2.08 bits per heavy atom. The number of anilines is 1. The van der Waals surface area contributed by atoms with E-state index in [2.05, 4.69) is 15.7 Å². The van der Waals surface area contributed by atoms with Gasteiger partial charge in [-0.15, -0.1) is 0 Å². The van der Waals surface area contributed by atoms with Crippen LogP contribution in [0.3, 0.4) is 0 Å². The topological polar surface area (TPSA) is 97.6 Å². The number of carbonyl (C=O) groups excluding carboxylic acids is 1. The van der Waals surface area contributed by atoms with Gasteiger partial charge in [0.25, 0.3) is 0 Å². The normalized spacial score (nSPS) is 11.7. The van der Waals surface area contributed by atoms with E-state index in [1.807, 2.05) is 6.92 Å². The molecular weight excluding hydrogens is 312 g/mol. The molecule has 0 unspecified atom stereocenters. The van der Waals surface area contributed by atoms with Crippen LogP contribution in [0.4, 0.5) is 10.6 Å². The van der Waals surface area contributed by atoms with Crippen LogP contribution in [0.1, 0.15) is 17.4 Å². The summed E-state index contributed by atoms with van der Waals surface area (Å²) in [5, 5.41) is 19.8. The van der Waals surface area contributed by atoms with Crippen molar-refractivity contribution in [3.05, 3.63) is 35.5 Å². The van der Waals surface area contributed by atoms with Crippen molar-refractivity contribution in [2.45, 2.75) is 13.0 Å². The molecule has 0 aliphatic heterocycles. The molecule has 8 nitrogen and oxygen atoms in total. The van der Waals surface area contributed by atoms with E-state index in [1.54, 1.807) is 43.1 Å². The lowest BCUT2D eigenvalue weighted by Gasteiger charge is -2.16. The molecule has 0 bridgehead atoms. The number of aliphatic hydroxyl groups excluding tert-OH is 1. The van der Waals surface area contributed by atoms with Crippen molar-refractivity contribution in [3.63, 3.8) is 0 Å². The number of aromatic nitrogens is 2. The molecule has 1 aromatic heterocycles. The summed E-state index contributed by atoms with van der Waals surface area (Å²) in [6.07, 6.45) is -0.936. The number of nitrogens with zero attached hydrogens (tertiary/aromatic N) is 2. The van der Waals surface area contributed by atoms with Gasteiger partial charge in [-0.1, -0.05) is 0 Å². The fourth-order valence-electron chi connectivity index (χ4n) is 2.29. The van der Waals surface area contributed by atoms with Crippen molar-refractivity contribution in [3.8, 4) is 11.5 Å². The van der Waals surface area contributed by atoms with Gasteiger partial charge in [0.05, 0.1) is 19.9 Å². The second kappa shape index (κ2) is 7.69. The van der Waals surface area contributed by atoms with Gasteiger partial charge in [-0.2, -0.15) is 5.10 Å². The fourth-order valence-corrected chi connectivity index (χ4v) is 2.29. The number of rotatable bonds is 6. The van der Waals surface area contributed by atoms with Crippen LogP contribution in [0.2, 0.25) is 0 Å². The maximum Gasteiger partial charge on any atom is 0.320 e. The first-order valence-electron chi connectivity index (χ1n) is 7.40. The molecule has 0 saturated carbocycles. The average molecular weight is 334 g/mol. The molecule has 0 aliphatic carbocycles. The summed E-state index contributed by atoms with van der Waals surface area (Å²) < 4.78 is 11.9. The summed E-state index contributed by atoms with van der Waals surface area (Å²) >= 11 is 0. The minimum Gasteiger partial charge on any atom is -0.497 e. The van der Waals surface area contributed by atoms with E-state index in [1.165, 1.54) is 7.11 Å². The largest absolute Gasteiger partial charge is 0.497 e. The van der Waals surface area contributed by atoms with E-state index in [0.717, 1.165) is 5.69 Å². The van der Waals surface area contributed by atoms with Crippen LogP contribution in [0.15, 0.2) is 24.3 Å². The molecule has 2 rings (SSSR count). The lowest BCUT2D eigenvalue weighted by atomic mass is 10.1. The summed E-state index contributed by atoms with van der Waals surface area (Å²) in [7, 11) is 4.79. The Balaban J connectivity index is 1.98. The lowest BCUT2D eigenvalue weighted by Crippen LogP contribution is -2.33. The highest BCUT2D eigenvalue weighted by Gasteiger charge is 2.16. The first-order chi connectivity index (χ1) is 11.4. The van der Waals surface area contributed by atoms with Crippen LogP contribution in [-0.4, -0.2) is 41.7 Å². The highest BCUT2D eigenvalue weighted by atomic mass is 16.5. The molecule has 24 heavy (non-hydrogen) atoms. The van der Waals surface area contributed by atoms with Crippen molar-refractivity contribution in [1.82, 2.24) is 15.1 Å². The second-order valence-electron chi connectivity index (χ2n) is 5.25. The van der Waals surface area contributed by atoms with Gasteiger partial charge in [0.2, 0.25) is 0 Å². The number of methoxy groups -OCH3 is 2. The number of amides is 2. The number of hydrogen-bond acceptors (Lipinski definition) is 5. The maximum atomic E-state index is 12.0. The Hall–Kier alpha value is -2.74. The Labute approximate surface area is 140 Å². The molecule has 1 heterocycles. The van der Waals surface area contributed by atoms with E-state index in [4.69, 9.17) is 9.47 Å². The average Bonchev–Trinajstić information content (AvgIpc) is 2.89. The molecule has 0 aliphatic rings. The third-order valence-corrected chi connectivity index (χ3v) is 3.50. The summed E-state index contributed by atoms with van der Waals surface area (Å²) in [5.41, 5.74) is 1.34. The van der Waals surface area contributed by atoms with E-state index < -0.39 is 12.1 Å². The van der Waals surface area contributed by atoms with E-state index in [0.29, 0.717) is 22.9 Å². The van der Waals surface area contributed by atoms with Gasteiger partial charge in [-0.3, -0.25) is 10.00 Å². The third kappa shape index (κ3) is 4.17. The quantitative estimate of drug-likeness (QED) is 0.745. The minimum atomic E-state index is -0.936. The van der Waals surface area contributed by atoms with Crippen molar-refractivity contribution < 1.29 is 19.4 Å². The second-order valence-corrected chi connectivity index (χ2v) is 5.25. The Bertz CT molecular complexity index is 714. The van der Waals surface area contributed by atoms with Gasteiger partial charge in [-0.05, 0) is 25.1 Å². The number of carbonyl (C=O) groups is 1. The van der Waals surface area contributed by atoms with Gasteiger partial charge in [0, 0.05) is 25.2 Å². The van der Waals surface area contributed by atoms with Crippen LogP contribution in [-0.2, 0) is 7.05 Å². The number of benzene rings is 1. The number of hydrogen-bond donors (Lipinski definition) is 3. The molecule has 1 atom stereocenters. The molecule has 0 radical (unpaired) electrons. The van der Waals surface area contributed by atoms with Gasteiger partial charge in [0.15, 0.2) is 0 Å². The molecule has 1 aromatic carbocycles. The zero-order valence-electron chi connectivity index (χ0n) is 14.2. The molecule has 0 spiro atoms. The monoisotopic (exact) mass is 334 g/mol. The number of ether oxygens (including phenoxy) is 2. The lowest BCUT2D eigenvalue weighted by molar-refractivity contribution is 0.170. The van der Waals surface area contributed by atoms with Crippen molar-refractivity contribution in [2.24, 2.45) is 7.05 Å². The van der Waals surface area contributed by atoms with E-state index >= 15 is 0 Å². The van der Waals surface area contributed by atoms with Crippen molar-refractivity contribution >= 4 is 11.8 Å². The maximum absolute atomic E-state index is 12.0. The van der Waals surface area contributed by atoms with Gasteiger partial charge in [0.1, 0.15) is 23.4 Å². The number of nitrogens with one attached hydrogen (secondary N) is 2.